The molecule has 0 aliphatic heterocycles. The van der Waals surface area contributed by atoms with E-state index in [0.29, 0.717) is 4.99 Å². The second-order valence-electron chi connectivity index (χ2n) is 3.35. The lowest BCUT2D eigenvalue weighted by molar-refractivity contribution is -0.139. The van der Waals surface area contributed by atoms with Crippen LogP contribution in [-0.2, 0) is 9.08 Å². The average Bonchev–Trinajstić information content (AvgIpc) is 2.17. The van der Waals surface area contributed by atoms with Crippen molar-refractivity contribution < 1.29 is 9.08 Å². The fourth-order valence-electron chi connectivity index (χ4n) is 1.68. The Morgan fingerprint density at radius 3 is 2.15 bits per heavy atom. The van der Waals surface area contributed by atoms with Crippen LogP contribution < -0.4 is 5.73 Å². The lowest BCUT2D eigenvalue weighted by atomic mass is 9.82. The Kier molecular flexibility index (Phi) is 3.93. The van der Waals surface area contributed by atoms with E-state index in [0.717, 1.165) is 25.7 Å². The zero-order valence-electron chi connectivity index (χ0n) is 7.16. The molecule has 0 aromatic heterocycles. The fraction of sp³-hybridized carbons (Fsp3) is 0.750. The van der Waals surface area contributed by atoms with Gasteiger partial charge in [-0.1, -0.05) is 12.2 Å². The van der Waals surface area contributed by atoms with Crippen LogP contribution in [0.4, 0.5) is 0 Å². The number of hydrogen-bond donors (Lipinski definition) is 1. The summed E-state index contributed by atoms with van der Waals surface area (Å²) in [7, 11) is 0. The first-order valence-electron chi connectivity index (χ1n) is 4.27. The van der Waals surface area contributed by atoms with Crippen molar-refractivity contribution in [2.75, 3.05) is 0 Å². The third-order valence-corrected chi connectivity index (χ3v) is 3.02. The molecule has 0 bridgehead atoms. The molecular formula is C8H12ClNO2S. The van der Waals surface area contributed by atoms with Crippen LogP contribution >= 0.6 is 24.1 Å². The maximum absolute atomic E-state index is 11.0. The average molecular weight is 222 g/mol. The highest BCUT2D eigenvalue weighted by Crippen LogP contribution is 2.29. The molecule has 1 rings (SSSR count). The molecule has 1 aliphatic carbocycles. The summed E-state index contributed by atoms with van der Waals surface area (Å²) in [6, 6.07) is 0. The Morgan fingerprint density at radius 2 is 1.77 bits per heavy atom. The maximum atomic E-state index is 11.0. The maximum Gasteiger partial charge on any atom is 0.327 e. The van der Waals surface area contributed by atoms with Crippen molar-refractivity contribution in [3.05, 3.63) is 0 Å². The van der Waals surface area contributed by atoms with Crippen molar-refractivity contribution in [2.24, 2.45) is 17.6 Å². The van der Waals surface area contributed by atoms with E-state index in [1.54, 1.807) is 0 Å². The molecule has 0 saturated heterocycles. The lowest BCUT2D eigenvalue weighted by Gasteiger charge is -2.25. The highest BCUT2D eigenvalue weighted by atomic mass is 35.5. The van der Waals surface area contributed by atoms with Gasteiger partial charge in [-0.3, -0.25) is 4.79 Å². The quantitative estimate of drug-likeness (QED) is 0.723. The molecule has 0 radical (unpaired) electrons. The molecule has 1 fully saturated rings. The van der Waals surface area contributed by atoms with Crippen LogP contribution in [0.3, 0.4) is 0 Å². The first-order chi connectivity index (χ1) is 6.15. The third kappa shape index (κ3) is 2.81. The van der Waals surface area contributed by atoms with Crippen molar-refractivity contribution in [3.8, 4) is 0 Å². The van der Waals surface area contributed by atoms with E-state index in [9.17, 15) is 4.79 Å². The molecule has 0 aromatic rings. The monoisotopic (exact) mass is 221 g/mol. The van der Waals surface area contributed by atoms with E-state index in [2.05, 4.69) is 4.29 Å². The topological polar surface area (TPSA) is 52.3 Å². The van der Waals surface area contributed by atoms with Crippen molar-refractivity contribution in [1.82, 2.24) is 0 Å². The Morgan fingerprint density at radius 1 is 1.31 bits per heavy atom. The number of carbonyl (C=O) groups is 1. The summed E-state index contributed by atoms with van der Waals surface area (Å²) in [5, 5.41) is 0. The summed E-state index contributed by atoms with van der Waals surface area (Å²) >= 11 is 9.87. The second kappa shape index (κ2) is 4.77. The SMILES string of the molecule is NC(=S)C1CCC(C(=O)OCl)CC1. The van der Waals surface area contributed by atoms with Gasteiger partial charge in [0.1, 0.15) is 11.9 Å². The molecule has 0 aromatic carbocycles. The van der Waals surface area contributed by atoms with Crippen molar-refractivity contribution >= 4 is 35.0 Å². The Labute approximate surface area is 87.7 Å². The van der Waals surface area contributed by atoms with E-state index in [4.69, 9.17) is 29.8 Å². The smallest absolute Gasteiger partial charge is 0.327 e. The Hall–Kier alpha value is -0.350. The van der Waals surface area contributed by atoms with Gasteiger partial charge in [0.15, 0.2) is 0 Å². The van der Waals surface area contributed by atoms with Gasteiger partial charge in [-0.05, 0) is 25.7 Å². The molecule has 0 amide bonds. The summed E-state index contributed by atoms with van der Waals surface area (Å²) in [6.07, 6.45) is 3.28. The highest BCUT2D eigenvalue weighted by molar-refractivity contribution is 7.80. The summed E-state index contributed by atoms with van der Waals surface area (Å²) in [5.41, 5.74) is 5.51. The highest BCUT2D eigenvalue weighted by Gasteiger charge is 2.28. The number of rotatable bonds is 2. The molecule has 13 heavy (non-hydrogen) atoms. The van der Waals surface area contributed by atoms with Gasteiger partial charge >= 0.3 is 5.97 Å². The zero-order chi connectivity index (χ0) is 9.84. The first-order valence-corrected chi connectivity index (χ1v) is 4.98. The van der Waals surface area contributed by atoms with Gasteiger partial charge in [-0.2, -0.15) is 0 Å². The molecule has 0 atom stereocenters. The van der Waals surface area contributed by atoms with Gasteiger partial charge < -0.3 is 10.0 Å². The molecule has 1 aliphatic rings. The molecule has 0 spiro atoms. The van der Waals surface area contributed by atoms with Crippen LogP contribution in [0.2, 0.25) is 0 Å². The van der Waals surface area contributed by atoms with E-state index >= 15 is 0 Å². The van der Waals surface area contributed by atoms with Crippen LogP contribution in [0.5, 0.6) is 0 Å². The number of nitrogens with two attached hydrogens (primary N) is 1. The van der Waals surface area contributed by atoms with E-state index < -0.39 is 0 Å². The van der Waals surface area contributed by atoms with Crippen LogP contribution in [0.15, 0.2) is 0 Å². The predicted octanol–water partition coefficient (Wildman–Crippen LogP) is 1.78. The molecule has 74 valence electrons. The van der Waals surface area contributed by atoms with Gasteiger partial charge in [0.2, 0.25) is 0 Å². The molecular weight excluding hydrogens is 210 g/mol. The normalized spacial score (nSPS) is 28.1. The Balaban J connectivity index is 2.39. The standard InChI is InChI=1S/C8H12ClNO2S/c9-12-8(11)6-3-1-5(2-4-6)7(10)13/h5-6H,1-4H2,(H2,10,13). The second-order valence-corrected chi connectivity index (χ2v) is 3.97. The van der Waals surface area contributed by atoms with E-state index in [1.165, 1.54) is 0 Å². The van der Waals surface area contributed by atoms with E-state index in [-0.39, 0.29) is 17.8 Å². The third-order valence-electron chi connectivity index (χ3n) is 2.54. The van der Waals surface area contributed by atoms with Crippen molar-refractivity contribution in [1.29, 1.82) is 0 Å². The largest absolute Gasteiger partial charge is 0.393 e. The zero-order valence-corrected chi connectivity index (χ0v) is 8.74. The molecule has 0 heterocycles. The molecule has 1 saturated carbocycles. The first kappa shape index (κ1) is 10.7. The van der Waals surface area contributed by atoms with Gasteiger partial charge in [0, 0.05) is 5.92 Å². The predicted molar refractivity (Wildman–Crippen MR) is 54.2 cm³/mol. The molecule has 0 unspecified atom stereocenters. The fourth-order valence-corrected chi connectivity index (χ4v) is 2.04. The number of hydrogen-bond acceptors (Lipinski definition) is 3. The van der Waals surface area contributed by atoms with Crippen LogP contribution in [0.25, 0.3) is 0 Å². The lowest BCUT2D eigenvalue weighted by Crippen LogP contribution is -2.28. The minimum atomic E-state index is -0.331. The molecule has 5 heteroatoms. The summed E-state index contributed by atoms with van der Waals surface area (Å²) in [4.78, 5) is 11.6. The van der Waals surface area contributed by atoms with E-state index in [1.807, 2.05) is 0 Å². The van der Waals surface area contributed by atoms with Gasteiger partial charge in [-0.15, -0.1) is 0 Å². The van der Waals surface area contributed by atoms with Gasteiger partial charge in [-0.25, -0.2) is 0 Å². The van der Waals surface area contributed by atoms with Gasteiger partial charge in [0.25, 0.3) is 0 Å². The Bertz CT molecular complexity index is 214. The number of thiocarbonyl (C=S) groups is 1. The van der Waals surface area contributed by atoms with Crippen molar-refractivity contribution in [3.63, 3.8) is 0 Å². The van der Waals surface area contributed by atoms with Crippen LogP contribution in [-0.4, -0.2) is 11.0 Å². The van der Waals surface area contributed by atoms with Gasteiger partial charge in [0.05, 0.1) is 10.9 Å². The number of carbonyl (C=O) groups excluding carboxylic acids is 1. The molecule has 3 nitrogen and oxygen atoms in total. The summed E-state index contributed by atoms with van der Waals surface area (Å²) in [5.74, 6) is -0.111. The van der Waals surface area contributed by atoms with Crippen molar-refractivity contribution in [2.45, 2.75) is 25.7 Å². The number of halogens is 1. The summed E-state index contributed by atoms with van der Waals surface area (Å²) < 4.78 is 4.15. The van der Waals surface area contributed by atoms with Crippen LogP contribution in [0, 0.1) is 11.8 Å². The summed E-state index contributed by atoms with van der Waals surface area (Å²) in [6.45, 7) is 0. The van der Waals surface area contributed by atoms with Crippen LogP contribution in [0.1, 0.15) is 25.7 Å². The minimum Gasteiger partial charge on any atom is -0.393 e. The molecule has 2 N–H and O–H groups in total. The minimum absolute atomic E-state index is 0.0666.